The van der Waals surface area contributed by atoms with Gasteiger partial charge in [0.2, 0.25) is 17.7 Å². The van der Waals surface area contributed by atoms with Crippen LogP contribution < -0.4 is 38.5 Å². The summed E-state index contributed by atoms with van der Waals surface area (Å²) < 4.78 is 0. The van der Waals surface area contributed by atoms with Gasteiger partial charge in [-0.1, -0.05) is 13.8 Å². The molecule has 13 nitrogen and oxygen atoms in total. The standard InChI is InChI=1S/C23H44N8O5/c1-14(2)13-18(21(34)30-17(22(35)36)9-6-12-28-23(25)26)31-20(33)16(7-3-4-10-24)29-19(32)15-8-5-11-27-15/h14-18,27H,3-13,24H2,1-2H3,(H,29,32)(H,30,34)(H,31,33)(H,35,36)(H4,25,26,28). The molecule has 1 saturated heterocycles. The van der Waals surface area contributed by atoms with E-state index >= 15 is 0 Å². The van der Waals surface area contributed by atoms with Crippen LogP contribution in [0.25, 0.3) is 0 Å². The number of carboxylic acid groups (broad SMARTS) is 1. The third-order valence-electron chi connectivity index (χ3n) is 5.86. The molecule has 1 fully saturated rings. The van der Waals surface area contributed by atoms with E-state index in [1.165, 1.54) is 0 Å². The molecule has 0 spiro atoms. The SMILES string of the molecule is CC(C)CC(NC(=O)C(CCCCN)NC(=O)C1CCCN1)C(=O)NC(CCCN=C(N)N)C(=O)O. The number of nitrogens with two attached hydrogens (primary N) is 3. The molecule has 0 aromatic rings. The number of hydrogen-bond acceptors (Lipinski definition) is 7. The summed E-state index contributed by atoms with van der Waals surface area (Å²) in [4.78, 5) is 54.3. The molecular formula is C23H44N8O5. The largest absolute Gasteiger partial charge is 0.480 e. The molecule has 36 heavy (non-hydrogen) atoms. The van der Waals surface area contributed by atoms with Crippen molar-refractivity contribution in [1.82, 2.24) is 21.3 Å². The molecule has 3 amide bonds. The monoisotopic (exact) mass is 512 g/mol. The molecule has 206 valence electrons. The van der Waals surface area contributed by atoms with E-state index in [1.54, 1.807) is 0 Å². The zero-order chi connectivity index (χ0) is 27.1. The first-order chi connectivity index (χ1) is 17.0. The zero-order valence-electron chi connectivity index (χ0n) is 21.4. The number of carbonyl (C=O) groups is 4. The van der Waals surface area contributed by atoms with Gasteiger partial charge in [0, 0.05) is 6.54 Å². The molecular weight excluding hydrogens is 468 g/mol. The Morgan fingerprint density at radius 2 is 1.61 bits per heavy atom. The second-order valence-electron chi connectivity index (χ2n) is 9.53. The number of unbranched alkanes of at least 4 members (excludes halogenated alkanes) is 1. The molecule has 4 unspecified atom stereocenters. The normalized spacial score (nSPS) is 17.6. The van der Waals surface area contributed by atoms with Gasteiger partial charge in [0.05, 0.1) is 6.04 Å². The van der Waals surface area contributed by atoms with Crippen LogP contribution in [-0.4, -0.2) is 78.6 Å². The zero-order valence-corrected chi connectivity index (χ0v) is 21.4. The van der Waals surface area contributed by atoms with Gasteiger partial charge in [-0.2, -0.15) is 0 Å². The van der Waals surface area contributed by atoms with Crippen molar-refractivity contribution in [3.63, 3.8) is 0 Å². The molecule has 0 aromatic heterocycles. The molecule has 1 aliphatic heterocycles. The Morgan fingerprint density at radius 3 is 2.17 bits per heavy atom. The van der Waals surface area contributed by atoms with Crippen LogP contribution >= 0.6 is 0 Å². The van der Waals surface area contributed by atoms with Crippen molar-refractivity contribution in [2.45, 2.75) is 89.4 Å². The number of aliphatic imine (C=N–C) groups is 1. The predicted molar refractivity (Wildman–Crippen MR) is 137 cm³/mol. The highest BCUT2D eigenvalue weighted by atomic mass is 16.4. The summed E-state index contributed by atoms with van der Waals surface area (Å²) in [6, 6.07) is -3.30. The number of nitrogens with one attached hydrogen (secondary N) is 4. The van der Waals surface area contributed by atoms with Crippen molar-refractivity contribution in [2.24, 2.45) is 28.1 Å². The smallest absolute Gasteiger partial charge is 0.326 e. The van der Waals surface area contributed by atoms with E-state index in [4.69, 9.17) is 17.2 Å². The summed E-state index contributed by atoms with van der Waals surface area (Å²) in [6.45, 7) is 5.22. The van der Waals surface area contributed by atoms with Crippen molar-refractivity contribution >= 4 is 29.7 Å². The van der Waals surface area contributed by atoms with E-state index < -0.39 is 35.9 Å². The van der Waals surface area contributed by atoms with Crippen LogP contribution in [-0.2, 0) is 19.2 Å². The van der Waals surface area contributed by atoms with Crippen LogP contribution in [0.1, 0.15) is 65.2 Å². The summed E-state index contributed by atoms with van der Waals surface area (Å²) in [5.41, 5.74) is 16.1. The van der Waals surface area contributed by atoms with E-state index in [0.717, 1.165) is 13.0 Å². The van der Waals surface area contributed by atoms with Crippen molar-refractivity contribution < 1.29 is 24.3 Å². The van der Waals surface area contributed by atoms with E-state index in [2.05, 4.69) is 26.3 Å². The average Bonchev–Trinajstić information content (AvgIpc) is 3.34. The van der Waals surface area contributed by atoms with Crippen molar-refractivity contribution in [2.75, 3.05) is 19.6 Å². The van der Waals surface area contributed by atoms with Gasteiger partial charge in [0.1, 0.15) is 18.1 Å². The Morgan fingerprint density at radius 1 is 0.972 bits per heavy atom. The average molecular weight is 513 g/mol. The topological polar surface area (TPSA) is 227 Å². The number of guanidine groups is 1. The van der Waals surface area contributed by atoms with Crippen LogP contribution in [0.2, 0.25) is 0 Å². The number of nitrogens with zero attached hydrogens (tertiary/aromatic N) is 1. The lowest BCUT2D eigenvalue weighted by molar-refractivity contribution is -0.142. The molecule has 13 heteroatoms. The first kappa shape index (κ1) is 31.1. The number of hydrogen-bond donors (Lipinski definition) is 8. The maximum atomic E-state index is 13.2. The maximum Gasteiger partial charge on any atom is 0.326 e. The van der Waals surface area contributed by atoms with Crippen molar-refractivity contribution in [1.29, 1.82) is 0 Å². The first-order valence-electron chi connectivity index (χ1n) is 12.7. The molecule has 0 saturated carbocycles. The quantitative estimate of drug-likeness (QED) is 0.0643. The summed E-state index contributed by atoms with van der Waals surface area (Å²) >= 11 is 0. The highest BCUT2D eigenvalue weighted by Crippen LogP contribution is 2.10. The van der Waals surface area contributed by atoms with Gasteiger partial charge in [-0.15, -0.1) is 0 Å². The molecule has 1 rings (SSSR count). The number of amides is 3. The van der Waals surface area contributed by atoms with Crippen LogP contribution in [0.3, 0.4) is 0 Å². The first-order valence-corrected chi connectivity index (χ1v) is 12.7. The van der Waals surface area contributed by atoms with Gasteiger partial charge >= 0.3 is 5.97 Å². The van der Waals surface area contributed by atoms with Gasteiger partial charge in [-0.25, -0.2) is 4.79 Å². The Labute approximate surface area is 212 Å². The number of rotatable bonds is 17. The van der Waals surface area contributed by atoms with Gasteiger partial charge < -0.3 is 43.6 Å². The minimum Gasteiger partial charge on any atom is -0.480 e. The highest BCUT2D eigenvalue weighted by molar-refractivity contribution is 5.94. The lowest BCUT2D eigenvalue weighted by Crippen LogP contribution is -2.57. The molecule has 0 radical (unpaired) electrons. The van der Waals surface area contributed by atoms with Gasteiger partial charge in [0.15, 0.2) is 5.96 Å². The van der Waals surface area contributed by atoms with Crippen LogP contribution in [0.15, 0.2) is 4.99 Å². The van der Waals surface area contributed by atoms with Crippen LogP contribution in [0.5, 0.6) is 0 Å². The van der Waals surface area contributed by atoms with E-state index in [0.29, 0.717) is 45.1 Å². The second kappa shape index (κ2) is 16.7. The maximum absolute atomic E-state index is 13.2. The predicted octanol–water partition coefficient (Wildman–Crippen LogP) is -1.49. The molecule has 0 aliphatic carbocycles. The summed E-state index contributed by atoms with van der Waals surface area (Å²) in [5.74, 6) is -2.59. The molecule has 1 aliphatic rings. The third kappa shape index (κ3) is 12.2. The molecule has 11 N–H and O–H groups in total. The minimum atomic E-state index is -1.20. The van der Waals surface area contributed by atoms with E-state index in [9.17, 15) is 24.3 Å². The molecule has 1 heterocycles. The minimum absolute atomic E-state index is 0.0409. The summed E-state index contributed by atoms with van der Waals surface area (Å²) in [5, 5.41) is 20.7. The fraction of sp³-hybridized carbons (Fsp3) is 0.783. The second-order valence-corrected chi connectivity index (χ2v) is 9.53. The van der Waals surface area contributed by atoms with E-state index in [-0.39, 0.29) is 36.8 Å². The summed E-state index contributed by atoms with van der Waals surface area (Å²) in [6.07, 6.45) is 4.04. The fourth-order valence-corrected chi connectivity index (χ4v) is 3.95. The van der Waals surface area contributed by atoms with Gasteiger partial charge in [-0.05, 0) is 70.4 Å². The molecule has 4 atom stereocenters. The van der Waals surface area contributed by atoms with E-state index in [1.807, 2.05) is 13.8 Å². The van der Waals surface area contributed by atoms with Crippen LogP contribution in [0.4, 0.5) is 0 Å². The lowest BCUT2D eigenvalue weighted by Gasteiger charge is -2.26. The van der Waals surface area contributed by atoms with Gasteiger partial charge in [-0.3, -0.25) is 19.4 Å². The molecule has 0 aromatic carbocycles. The Hall–Kier alpha value is -2.93. The highest BCUT2D eigenvalue weighted by Gasteiger charge is 2.31. The van der Waals surface area contributed by atoms with Gasteiger partial charge in [0.25, 0.3) is 0 Å². The van der Waals surface area contributed by atoms with Crippen molar-refractivity contribution in [3.8, 4) is 0 Å². The van der Waals surface area contributed by atoms with Crippen LogP contribution in [0, 0.1) is 5.92 Å². The number of carbonyl (C=O) groups excluding carboxylic acids is 3. The Balaban J connectivity index is 2.87. The molecule has 0 bridgehead atoms. The lowest BCUT2D eigenvalue weighted by atomic mass is 10.0. The summed E-state index contributed by atoms with van der Waals surface area (Å²) in [7, 11) is 0. The fourth-order valence-electron chi connectivity index (χ4n) is 3.95. The Bertz CT molecular complexity index is 751. The number of aliphatic carboxylic acids is 1. The third-order valence-corrected chi connectivity index (χ3v) is 5.86. The number of carboxylic acids is 1. The van der Waals surface area contributed by atoms with Crippen molar-refractivity contribution in [3.05, 3.63) is 0 Å². The Kier molecular flexibility index (Phi) is 14.4.